The third-order valence-electron chi connectivity index (χ3n) is 4.03. The fourth-order valence-electron chi connectivity index (χ4n) is 2.81. The van der Waals surface area contributed by atoms with Crippen molar-refractivity contribution in [2.24, 2.45) is 0 Å². The monoisotopic (exact) mass is 391 g/mol. The molecule has 3 rings (SSSR count). The lowest BCUT2D eigenvalue weighted by Gasteiger charge is -2.17. The van der Waals surface area contributed by atoms with Crippen LogP contribution in [0.2, 0.25) is 5.02 Å². The molecule has 136 valence electrons. The fraction of sp³-hybridized carbons (Fsp3) is 0.222. The SMILES string of the molecule is CCC(NC(=O)c1nc(S(C)(=O)=O)n2ccccc12)c1cccc(Cl)c1. The molecule has 0 radical (unpaired) electrons. The van der Waals surface area contributed by atoms with E-state index in [4.69, 9.17) is 11.6 Å². The Morgan fingerprint density at radius 1 is 1.27 bits per heavy atom. The molecule has 1 atom stereocenters. The highest BCUT2D eigenvalue weighted by atomic mass is 35.5. The van der Waals surface area contributed by atoms with Crippen LogP contribution in [0.4, 0.5) is 0 Å². The maximum Gasteiger partial charge on any atom is 0.272 e. The summed E-state index contributed by atoms with van der Waals surface area (Å²) in [5.41, 5.74) is 1.39. The summed E-state index contributed by atoms with van der Waals surface area (Å²) in [6.07, 6.45) is 3.29. The van der Waals surface area contributed by atoms with Crippen LogP contribution in [-0.2, 0) is 9.84 Å². The first-order valence-electron chi connectivity index (χ1n) is 8.04. The number of benzene rings is 1. The average molecular weight is 392 g/mol. The van der Waals surface area contributed by atoms with Crippen molar-refractivity contribution in [2.45, 2.75) is 24.5 Å². The van der Waals surface area contributed by atoms with Crippen molar-refractivity contribution in [1.82, 2.24) is 14.7 Å². The number of halogens is 1. The normalized spacial score (nSPS) is 12.9. The van der Waals surface area contributed by atoms with Crippen LogP contribution in [0, 0.1) is 0 Å². The number of carbonyl (C=O) groups is 1. The number of carbonyl (C=O) groups excluding carboxylic acids is 1. The number of nitrogens with zero attached hydrogens (tertiary/aromatic N) is 2. The van der Waals surface area contributed by atoms with E-state index < -0.39 is 15.7 Å². The maximum absolute atomic E-state index is 12.8. The lowest BCUT2D eigenvalue weighted by atomic mass is 10.0. The molecule has 3 aromatic rings. The van der Waals surface area contributed by atoms with E-state index in [1.807, 2.05) is 19.1 Å². The summed E-state index contributed by atoms with van der Waals surface area (Å²) in [5, 5.41) is 3.34. The van der Waals surface area contributed by atoms with Crippen molar-refractivity contribution in [2.75, 3.05) is 6.26 Å². The van der Waals surface area contributed by atoms with E-state index in [1.165, 1.54) is 4.40 Å². The number of amides is 1. The van der Waals surface area contributed by atoms with Gasteiger partial charge in [0.25, 0.3) is 5.91 Å². The van der Waals surface area contributed by atoms with E-state index in [2.05, 4.69) is 10.3 Å². The van der Waals surface area contributed by atoms with Gasteiger partial charge in [-0.15, -0.1) is 0 Å². The molecule has 2 aromatic heterocycles. The molecular weight excluding hydrogens is 374 g/mol. The summed E-state index contributed by atoms with van der Waals surface area (Å²) in [6.45, 7) is 1.94. The number of hydrogen-bond donors (Lipinski definition) is 1. The Bertz CT molecular complexity index is 1080. The molecule has 1 amide bonds. The van der Waals surface area contributed by atoms with Crippen LogP contribution in [0.25, 0.3) is 5.52 Å². The molecule has 0 bridgehead atoms. The Labute approximate surface area is 156 Å². The summed E-state index contributed by atoms with van der Waals surface area (Å²) < 4.78 is 25.4. The number of imidazole rings is 1. The molecule has 0 aliphatic carbocycles. The second kappa shape index (κ2) is 7.09. The maximum atomic E-state index is 12.8. The van der Waals surface area contributed by atoms with Crippen molar-refractivity contribution in [1.29, 1.82) is 0 Å². The summed E-state index contributed by atoms with van der Waals surface area (Å²) in [4.78, 5) is 16.9. The van der Waals surface area contributed by atoms with Gasteiger partial charge in [-0.05, 0) is 36.2 Å². The van der Waals surface area contributed by atoms with Crippen LogP contribution in [0.3, 0.4) is 0 Å². The second-order valence-electron chi connectivity index (χ2n) is 5.96. The van der Waals surface area contributed by atoms with Gasteiger partial charge < -0.3 is 5.32 Å². The number of hydrogen-bond acceptors (Lipinski definition) is 4. The third kappa shape index (κ3) is 3.59. The quantitative estimate of drug-likeness (QED) is 0.723. The molecule has 26 heavy (non-hydrogen) atoms. The zero-order chi connectivity index (χ0) is 18.9. The van der Waals surface area contributed by atoms with Gasteiger partial charge in [0.05, 0.1) is 11.6 Å². The molecule has 0 aliphatic heterocycles. The molecule has 8 heteroatoms. The zero-order valence-corrected chi connectivity index (χ0v) is 15.9. The van der Waals surface area contributed by atoms with Gasteiger partial charge in [0.15, 0.2) is 5.69 Å². The van der Waals surface area contributed by atoms with Crippen LogP contribution < -0.4 is 5.32 Å². The summed E-state index contributed by atoms with van der Waals surface area (Å²) in [7, 11) is -3.58. The number of aromatic nitrogens is 2. The molecule has 0 fully saturated rings. The zero-order valence-electron chi connectivity index (χ0n) is 14.3. The predicted octanol–water partition coefficient (Wildman–Crippen LogP) is 3.27. The lowest BCUT2D eigenvalue weighted by Crippen LogP contribution is -2.28. The van der Waals surface area contributed by atoms with E-state index in [1.54, 1.807) is 36.5 Å². The van der Waals surface area contributed by atoms with Crippen molar-refractivity contribution >= 4 is 32.9 Å². The molecule has 1 unspecified atom stereocenters. The average Bonchev–Trinajstić information content (AvgIpc) is 2.99. The lowest BCUT2D eigenvalue weighted by molar-refractivity contribution is 0.0932. The van der Waals surface area contributed by atoms with Gasteiger partial charge >= 0.3 is 0 Å². The van der Waals surface area contributed by atoms with Gasteiger partial charge in [0.2, 0.25) is 15.0 Å². The number of nitrogens with one attached hydrogen (secondary N) is 1. The van der Waals surface area contributed by atoms with Gasteiger partial charge in [-0.2, -0.15) is 0 Å². The summed E-state index contributed by atoms with van der Waals surface area (Å²) in [5.74, 6) is -0.435. The number of pyridine rings is 1. The van der Waals surface area contributed by atoms with Crippen molar-refractivity contribution in [3.05, 3.63) is 64.9 Å². The van der Waals surface area contributed by atoms with Crippen molar-refractivity contribution in [3.8, 4) is 0 Å². The van der Waals surface area contributed by atoms with E-state index in [0.29, 0.717) is 17.0 Å². The Hall–Kier alpha value is -2.38. The summed E-state index contributed by atoms with van der Waals surface area (Å²) in [6, 6.07) is 12.1. The van der Waals surface area contributed by atoms with Gasteiger partial charge in [-0.3, -0.25) is 9.20 Å². The van der Waals surface area contributed by atoms with Crippen LogP contribution in [0.1, 0.15) is 35.4 Å². The largest absolute Gasteiger partial charge is 0.344 e. The molecule has 2 heterocycles. The number of sulfone groups is 1. The predicted molar refractivity (Wildman–Crippen MR) is 100 cm³/mol. The van der Waals surface area contributed by atoms with Gasteiger partial charge in [-0.25, -0.2) is 13.4 Å². The topological polar surface area (TPSA) is 80.5 Å². The highest BCUT2D eigenvalue weighted by Gasteiger charge is 2.24. The van der Waals surface area contributed by atoms with Crippen LogP contribution >= 0.6 is 11.6 Å². The molecule has 0 aliphatic rings. The second-order valence-corrected chi connectivity index (χ2v) is 8.31. The van der Waals surface area contributed by atoms with E-state index in [9.17, 15) is 13.2 Å². The molecule has 1 aromatic carbocycles. The highest BCUT2D eigenvalue weighted by molar-refractivity contribution is 7.90. The molecule has 0 saturated carbocycles. The third-order valence-corrected chi connectivity index (χ3v) is 5.21. The molecule has 6 nitrogen and oxygen atoms in total. The smallest absolute Gasteiger partial charge is 0.272 e. The van der Waals surface area contributed by atoms with Gasteiger partial charge in [0.1, 0.15) is 0 Å². The van der Waals surface area contributed by atoms with Crippen molar-refractivity contribution in [3.63, 3.8) is 0 Å². The van der Waals surface area contributed by atoms with E-state index >= 15 is 0 Å². The van der Waals surface area contributed by atoms with Gasteiger partial charge in [0, 0.05) is 17.5 Å². The number of rotatable bonds is 5. The van der Waals surface area contributed by atoms with E-state index in [0.717, 1.165) is 11.8 Å². The van der Waals surface area contributed by atoms with E-state index in [-0.39, 0.29) is 16.9 Å². The Morgan fingerprint density at radius 3 is 2.69 bits per heavy atom. The standard InChI is InChI=1S/C18H18ClN3O3S/c1-3-14(12-7-6-8-13(19)11-12)20-17(23)16-15-9-4-5-10-22(15)18(21-16)26(2,24)25/h4-11,14H,3H2,1-2H3,(H,20,23). The van der Waals surface area contributed by atoms with Crippen molar-refractivity contribution < 1.29 is 13.2 Å². The van der Waals surface area contributed by atoms with Gasteiger partial charge in [-0.1, -0.05) is 36.7 Å². The Kier molecular flexibility index (Phi) is 5.02. The fourth-order valence-corrected chi connectivity index (χ4v) is 3.78. The molecular formula is C18H18ClN3O3S. The van der Waals surface area contributed by atoms with Crippen LogP contribution in [0.15, 0.2) is 53.8 Å². The Balaban J connectivity index is 2.00. The Morgan fingerprint density at radius 2 is 2.04 bits per heavy atom. The minimum absolute atomic E-state index is 0.0755. The minimum Gasteiger partial charge on any atom is -0.344 e. The van der Waals surface area contributed by atoms with Crippen LogP contribution in [-0.4, -0.2) is 30.0 Å². The van der Waals surface area contributed by atoms with Crippen LogP contribution in [0.5, 0.6) is 0 Å². The first-order valence-corrected chi connectivity index (χ1v) is 10.3. The number of fused-ring (bicyclic) bond motifs is 1. The summed E-state index contributed by atoms with van der Waals surface area (Å²) >= 11 is 6.04. The minimum atomic E-state index is -3.58. The molecule has 1 N–H and O–H groups in total. The molecule has 0 spiro atoms. The molecule has 0 saturated heterocycles. The first-order chi connectivity index (χ1) is 12.3. The first kappa shape index (κ1) is 18.4. The highest BCUT2D eigenvalue weighted by Crippen LogP contribution is 2.22.